The number of benzene rings is 1. The van der Waals surface area contributed by atoms with Crippen molar-refractivity contribution in [3.8, 4) is 11.5 Å². The minimum atomic E-state index is -0.0401. The Morgan fingerprint density at radius 3 is 2.77 bits per heavy atom. The van der Waals surface area contributed by atoms with Crippen LogP contribution in [0.4, 0.5) is 0 Å². The summed E-state index contributed by atoms with van der Waals surface area (Å²) in [6, 6.07) is 4.02. The van der Waals surface area contributed by atoms with Crippen LogP contribution in [0.1, 0.15) is 38.8 Å². The van der Waals surface area contributed by atoms with Gasteiger partial charge >= 0.3 is 0 Å². The highest BCUT2D eigenvalue weighted by atomic mass is 32.2. The minimum absolute atomic E-state index is 0.0401. The zero-order valence-electron chi connectivity index (χ0n) is 16.0. The Hall–Kier alpha value is -1.47. The first-order valence-corrected chi connectivity index (χ1v) is 10.5. The fraction of sp³-hybridized carbons (Fsp3) is 0.579. The Bertz CT molecular complexity index is 648. The van der Waals surface area contributed by atoms with Gasteiger partial charge in [-0.1, -0.05) is 24.0 Å². The molecule has 0 radical (unpaired) electrons. The lowest BCUT2D eigenvalue weighted by Crippen LogP contribution is -2.30. The molecule has 0 bridgehead atoms. The monoisotopic (exact) mass is 396 g/mol. The van der Waals surface area contributed by atoms with Gasteiger partial charge in [-0.3, -0.25) is 4.79 Å². The number of carbonyl (C=O) groups excluding carboxylic acids is 1. The number of hydrogen-bond acceptors (Lipinski definition) is 5. The predicted molar refractivity (Wildman–Crippen MR) is 111 cm³/mol. The maximum atomic E-state index is 12.2. The highest BCUT2D eigenvalue weighted by molar-refractivity contribution is 8.23. The van der Waals surface area contributed by atoms with Gasteiger partial charge in [0.2, 0.25) is 5.91 Å². The molecule has 0 saturated heterocycles. The molecule has 1 aromatic carbocycles. The Kier molecular flexibility index (Phi) is 8.03. The molecule has 0 aliphatic carbocycles. The van der Waals surface area contributed by atoms with E-state index >= 15 is 0 Å². The first-order chi connectivity index (χ1) is 12.5. The van der Waals surface area contributed by atoms with E-state index in [0.29, 0.717) is 18.9 Å². The lowest BCUT2D eigenvalue weighted by Gasteiger charge is -2.20. The van der Waals surface area contributed by atoms with Crippen LogP contribution >= 0.6 is 24.0 Å². The van der Waals surface area contributed by atoms with Crippen molar-refractivity contribution in [1.29, 1.82) is 0 Å². The SMILES string of the molecule is CCOc1cc2c(cc1CNC(=O)CSC(=S)N(CC)CC)O[C@H](C)C2. The van der Waals surface area contributed by atoms with Crippen LogP contribution in [0.3, 0.4) is 0 Å². The number of ether oxygens (including phenoxy) is 2. The lowest BCUT2D eigenvalue weighted by molar-refractivity contribution is -0.118. The van der Waals surface area contributed by atoms with Crippen LogP contribution in [0.25, 0.3) is 0 Å². The number of fused-ring (bicyclic) bond motifs is 1. The molecule has 1 heterocycles. The van der Waals surface area contributed by atoms with E-state index in [1.165, 1.54) is 11.8 Å². The quantitative estimate of drug-likeness (QED) is 0.680. The number of rotatable bonds is 8. The molecule has 1 aromatic rings. The molecular formula is C19H28N2O3S2. The highest BCUT2D eigenvalue weighted by Gasteiger charge is 2.22. The van der Waals surface area contributed by atoms with Gasteiger partial charge in [0.15, 0.2) is 0 Å². The average Bonchev–Trinajstić information content (AvgIpc) is 2.98. The van der Waals surface area contributed by atoms with Gasteiger partial charge in [0.1, 0.15) is 21.9 Å². The summed E-state index contributed by atoms with van der Waals surface area (Å²) in [7, 11) is 0. The highest BCUT2D eigenvalue weighted by Crippen LogP contribution is 2.35. The molecule has 26 heavy (non-hydrogen) atoms. The topological polar surface area (TPSA) is 50.8 Å². The Morgan fingerprint density at radius 1 is 1.38 bits per heavy atom. The van der Waals surface area contributed by atoms with Crippen molar-refractivity contribution in [2.75, 3.05) is 25.4 Å². The molecule has 1 N–H and O–H groups in total. The summed E-state index contributed by atoms with van der Waals surface area (Å²) in [4.78, 5) is 14.3. The van der Waals surface area contributed by atoms with Crippen LogP contribution in [0, 0.1) is 0 Å². The largest absolute Gasteiger partial charge is 0.494 e. The van der Waals surface area contributed by atoms with Crippen LogP contribution in [0.15, 0.2) is 12.1 Å². The smallest absolute Gasteiger partial charge is 0.230 e. The Balaban J connectivity index is 1.93. The van der Waals surface area contributed by atoms with E-state index in [1.807, 2.05) is 19.1 Å². The van der Waals surface area contributed by atoms with Crippen molar-refractivity contribution in [2.24, 2.45) is 0 Å². The molecule has 0 saturated carbocycles. The number of nitrogens with zero attached hydrogens (tertiary/aromatic N) is 1. The fourth-order valence-corrected chi connectivity index (χ4v) is 4.09. The van der Waals surface area contributed by atoms with Crippen molar-refractivity contribution in [3.05, 3.63) is 23.3 Å². The molecule has 5 nitrogen and oxygen atoms in total. The van der Waals surface area contributed by atoms with E-state index in [0.717, 1.165) is 46.5 Å². The molecule has 1 atom stereocenters. The van der Waals surface area contributed by atoms with Crippen LogP contribution in [-0.2, 0) is 17.8 Å². The zero-order chi connectivity index (χ0) is 19.1. The second-order valence-electron chi connectivity index (χ2n) is 6.14. The van der Waals surface area contributed by atoms with Crippen molar-refractivity contribution >= 4 is 34.2 Å². The van der Waals surface area contributed by atoms with Crippen LogP contribution < -0.4 is 14.8 Å². The van der Waals surface area contributed by atoms with Crippen LogP contribution in [-0.4, -0.2) is 46.7 Å². The van der Waals surface area contributed by atoms with E-state index in [2.05, 4.69) is 31.0 Å². The molecule has 7 heteroatoms. The van der Waals surface area contributed by atoms with Gasteiger partial charge in [0.05, 0.1) is 12.4 Å². The average molecular weight is 397 g/mol. The number of nitrogens with one attached hydrogen (secondary N) is 1. The van der Waals surface area contributed by atoms with Crippen LogP contribution in [0.2, 0.25) is 0 Å². The number of hydrogen-bond donors (Lipinski definition) is 1. The van der Waals surface area contributed by atoms with Gasteiger partial charge < -0.3 is 19.7 Å². The summed E-state index contributed by atoms with van der Waals surface area (Å²) in [5, 5.41) is 2.96. The van der Waals surface area contributed by atoms with Crippen molar-refractivity contribution in [3.63, 3.8) is 0 Å². The lowest BCUT2D eigenvalue weighted by atomic mass is 10.1. The predicted octanol–water partition coefficient (Wildman–Crippen LogP) is 3.38. The first kappa shape index (κ1) is 20.8. The molecular weight excluding hydrogens is 368 g/mol. The summed E-state index contributed by atoms with van der Waals surface area (Å²) < 4.78 is 12.3. The maximum absolute atomic E-state index is 12.2. The normalized spacial score (nSPS) is 15.2. The summed E-state index contributed by atoms with van der Waals surface area (Å²) in [5.41, 5.74) is 2.10. The summed E-state index contributed by atoms with van der Waals surface area (Å²) in [6.45, 7) is 10.8. The summed E-state index contributed by atoms with van der Waals surface area (Å²) in [6.07, 6.45) is 1.07. The van der Waals surface area contributed by atoms with Gasteiger partial charge in [-0.05, 0) is 39.8 Å². The molecule has 0 fully saturated rings. The standard InChI is InChI=1S/C19H28N2O3S2/c1-5-21(6-2)19(25)26-12-18(22)20-11-15-10-17-14(8-13(4)24-17)9-16(15)23-7-3/h9-10,13H,5-8,11-12H2,1-4H3,(H,20,22)/t13-/m1/s1. The third kappa shape index (κ3) is 5.51. The van der Waals surface area contributed by atoms with E-state index in [4.69, 9.17) is 21.7 Å². The van der Waals surface area contributed by atoms with Crippen molar-refractivity contribution in [1.82, 2.24) is 10.2 Å². The molecule has 0 aromatic heterocycles. The van der Waals surface area contributed by atoms with Gasteiger partial charge in [-0.2, -0.15) is 0 Å². The number of amides is 1. The van der Waals surface area contributed by atoms with E-state index in [1.54, 1.807) is 0 Å². The second kappa shape index (κ2) is 10.0. The van der Waals surface area contributed by atoms with Crippen molar-refractivity contribution in [2.45, 2.75) is 46.8 Å². The van der Waals surface area contributed by atoms with Gasteiger partial charge in [-0.25, -0.2) is 0 Å². The molecule has 1 aliphatic rings. The summed E-state index contributed by atoms with van der Waals surface area (Å²) in [5.74, 6) is 1.98. The van der Waals surface area contributed by atoms with E-state index in [9.17, 15) is 4.79 Å². The molecule has 2 rings (SSSR count). The zero-order valence-corrected chi connectivity index (χ0v) is 17.6. The van der Waals surface area contributed by atoms with Crippen molar-refractivity contribution < 1.29 is 14.3 Å². The number of thioether (sulfide) groups is 1. The minimum Gasteiger partial charge on any atom is -0.494 e. The van der Waals surface area contributed by atoms with E-state index < -0.39 is 0 Å². The maximum Gasteiger partial charge on any atom is 0.230 e. The second-order valence-corrected chi connectivity index (χ2v) is 7.75. The molecule has 1 amide bonds. The third-order valence-corrected chi connectivity index (χ3v) is 5.73. The Labute approximate surface area is 165 Å². The molecule has 0 spiro atoms. The van der Waals surface area contributed by atoms with Gasteiger partial charge in [0, 0.05) is 37.2 Å². The molecule has 0 unspecified atom stereocenters. The van der Waals surface area contributed by atoms with E-state index in [-0.39, 0.29) is 12.0 Å². The number of thiocarbonyl (C=S) groups is 1. The molecule has 144 valence electrons. The third-order valence-electron chi connectivity index (χ3n) is 4.20. The molecule has 1 aliphatic heterocycles. The van der Waals surface area contributed by atoms with Gasteiger partial charge in [-0.15, -0.1) is 0 Å². The first-order valence-electron chi connectivity index (χ1n) is 9.12. The fourth-order valence-electron chi connectivity index (χ4n) is 2.85. The Morgan fingerprint density at radius 2 is 2.12 bits per heavy atom. The summed E-state index contributed by atoms with van der Waals surface area (Å²) >= 11 is 6.76. The van der Waals surface area contributed by atoms with Crippen LogP contribution in [0.5, 0.6) is 11.5 Å². The number of carbonyl (C=O) groups is 1. The van der Waals surface area contributed by atoms with Gasteiger partial charge in [0.25, 0.3) is 0 Å².